The molecule has 2 N–H and O–H groups in total. The van der Waals surface area contributed by atoms with E-state index in [4.69, 9.17) is 5.11 Å². The number of rotatable bonds is 6. The first-order valence-corrected chi connectivity index (χ1v) is 8.92. The van der Waals surface area contributed by atoms with Gasteiger partial charge in [-0.15, -0.1) is 0 Å². The topological polar surface area (TPSA) is 86.7 Å². The van der Waals surface area contributed by atoms with Gasteiger partial charge in [0.15, 0.2) is 0 Å². The van der Waals surface area contributed by atoms with Crippen molar-refractivity contribution < 1.29 is 18.3 Å². The van der Waals surface area contributed by atoms with Crippen molar-refractivity contribution in [2.75, 3.05) is 26.2 Å². The van der Waals surface area contributed by atoms with Crippen LogP contribution < -0.4 is 4.72 Å². The van der Waals surface area contributed by atoms with Gasteiger partial charge in [0.05, 0.1) is 10.5 Å². The fourth-order valence-electron chi connectivity index (χ4n) is 2.26. The van der Waals surface area contributed by atoms with Crippen LogP contribution in [0.25, 0.3) is 0 Å². The van der Waals surface area contributed by atoms with E-state index >= 15 is 0 Å². The van der Waals surface area contributed by atoms with Crippen LogP contribution in [0.15, 0.2) is 27.6 Å². The van der Waals surface area contributed by atoms with Crippen molar-refractivity contribution in [3.05, 3.63) is 28.2 Å². The molecule has 1 heterocycles. The maximum absolute atomic E-state index is 12.2. The van der Waals surface area contributed by atoms with E-state index in [2.05, 4.69) is 25.6 Å². The van der Waals surface area contributed by atoms with E-state index in [-0.39, 0.29) is 10.5 Å². The van der Waals surface area contributed by atoms with E-state index < -0.39 is 16.0 Å². The maximum atomic E-state index is 12.2. The van der Waals surface area contributed by atoms with Crippen molar-refractivity contribution in [2.45, 2.75) is 17.7 Å². The summed E-state index contributed by atoms with van der Waals surface area (Å²) in [5.74, 6) is -1.17. The molecule has 116 valence electrons. The van der Waals surface area contributed by atoms with E-state index in [1.165, 1.54) is 12.1 Å². The highest BCUT2D eigenvalue weighted by Crippen LogP contribution is 2.21. The molecule has 0 spiro atoms. The van der Waals surface area contributed by atoms with Crippen LogP contribution in [-0.4, -0.2) is 50.6 Å². The summed E-state index contributed by atoms with van der Waals surface area (Å²) in [6.45, 7) is 2.99. The van der Waals surface area contributed by atoms with Crippen LogP contribution in [0.4, 0.5) is 0 Å². The Morgan fingerprint density at radius 3 is 2.62 bits per heavy atom. The van der Waals surface area contributed by atoms with Crippen molar-refractivity contribution in [1.82, 2.24) is 9.62 Å². The van der Waals surface area contributed by atoms with Gasteiger partial charge in [-0.05, 0) is 60.1 Å². The van der Waals surface area contributed by atoms with Gasteiger partial charge in [-0.3, -0.25) is 0 Å². The number of carbonyl (C=O) groups is 1. The number of aromatic carboxylic acids is 1. The first-order chi connectivity index (χ1) is 9.90. The second kappa shape index (κ2) is 6.87. The lowest BCUT2D eigenvalue weighted by atomic mass is 10.2. The standard InChI is InChI=1S/C13H17BrN2O4S/c14-12-4-3-10(9-11(12)13(17)18)21(19,20)15-5-8-16-6-1-2-7-16/h3-4,9,15H,1-2,5-8H2,(H,17,18). The number of nitrogens with one attached hydrogen (secondary N) is 1. The molecule has 2 rings (SSSR count). The van der Waals surface area contributed by atoms with Crippen molar-refractivity contribution in [1.29, 1.82) is 0 Å². The highest BCUT2D eigenvalue weighted by Gasteiger charge is 2.19. The van der Waals surface area contributed by atoms with E-state index in [1.54, 1.807) is 0 Å². The molecule has 0 aromatic heterocycles. The minimum absolute atomic E-state index is 0.0375. The largest absolute Gasteiger partial charge is 0.478 e. The second-order valence-corrected chi connectivity index (χ2v) is 7.51. The number of likely N-dealkylation sites (tertiary alicyclic amines) is 1. The van der Waals surface area contributed by atoms with Crippen molar-refractivity contribution in [3.8, 4) is 0 Å². The normalized spacial score (nSPS) is 16.2. The van der Waals surface area contributed by atoms with Crippen molar-refractivity contribution >= 4 is 31.9 Å². The van der Waals surface area contributed by atoms with Gasteiger partial charge >= 0.3 is 5.97 Å². The molecule has 1 saturated heterocycles. The number of sulfonamides is 1. The molecule has 1 aliphatic rings. The smallest absolute Gasteiger partial charge is 0.336 e. The maximum Gasteiger partial charge on any atom is 0.336 e. The first kappa shape index (κ1) is 16.4. The Bertz CT molecular complexity index is 627. The Morgan fingerprint density at radius 2 is 2.00 bits per heavy atom. The predicted octanol–water partition coefficient (Wildman–Crippen LogP) is 1.52. The van der Waals surface area contributed by atoms with Gasteiger partial charge < -0.3 is 10.0 Å². The number of nitrogens with zero attached hydrogens (tertiary/aromatic N) is 1. The summed E-state index contributed by atoms with van der Waals surface area (Å²) in [5, 5.41) is 9.02. The lowest BCUT2D eigenvalue weighted by Gasteiger charge is -2.15. The highest BCUT2D eigenvalue weighted by atomic mass is 79.9. The van der Waals surface area contributed by atoms with Crippen LogP contribution in [0.5, 0.6) is 0 Å². The van der Waals surface area contributed by atoms with Crippen LogP contribution in [0.3, 0.4) is 0 Å². The Balaban J connectivity index is 2.04. The zero-order valence-electron chi connectivity index (χ0n) is 11.4. The first-order valence-electron chi connectivity index (χ1n) is 6.65. The van der Waals surface area contributed by atoms with E-state index in [0.29, 0.717) is 17.6 Å². The molecule has 8 heteroatoms. The van der Waals surface area contributed by atoms with Crippen LogP contribution in [0.2, 0.25) is 0 Å². The molecule has 1 aliphatic heterocycles. The van der Waals surface area contributed by atoms with Crippen LogP contribution in [0, 0.1) is 0 Å². The SMILES string of the molecule is O=C(O)c1cc(S(=O)(=O)NCCN2CCCC2)ccc1Br. The summed E-state index contributed by atoms with van der Waals surface area (Å²) in [7, 11) is -3.69. The average molecular weight is 377 g/mol. The Kier molecular flexibility index (Phi) is 5.37. The summed E-state index contributed by atoms with van der Waals surface area (Å²) in [6.07, 6.45) is 2.31. The number of benzene rings is 1. The molecule has 0 bridgehead atoms. The fourth-order valence-corrected chi connectivity index (χ4v) is 3.73. The zero-order chi connectivity index (χ0) is 15.5. The molecule has 0 aliphatic carbocycles. The van der Waals surface area contributed by atoms with E-state index in [1.807, 2.05) is 0 Å². The summed E-state index contributed by atoms with van der Waals surface area (Å²) < 4.78 is 27.2. The summed E-state index contributed by atoms with van der Waals surface area (Å²) in [4.78, 5) is 13.2. The lowest BCUT2D eigenvalue weighted by Crippen LogP contribution is -2.33. The average Bonchev–Trinajstić information content (AvgIpc) is 2.91. The van der Waals surface area contributed by atoms with Crippen molar-refractivity contribution in [3.63, 3.8) is 0 Å². The lowest BCUT2D eigenvalue weighted by molar-refractivity contribution is 0.0695. The summed E-state index contributed by atoms with van der Waals surface area (Å²) >= 11 is 3.09. The summed E-state index contributed by atoms with van der Waals surface area (Å²) in [6, 6.07) is 3.97. The molecule has 1 aromatic rings. The van der Waals surface area contributed by atoms with Gasteiger partial charge in [-0.25, -0.2) is 17.9 Å². The molecule has 0 amide bonds. The van der Waals surface area contributed by atoms with Crippen molar-refractivity contribution in [2.24, 2.45) is 0 Å². The minimum Gasteiger partial charge on any atom is -0.478 e. The number of hydrogen-bond donors (Lipinski definition) is 2. The van der Waals surface area contributed by atoms with Gasteiger partial charge in [-0.2, -0.15) is 0 Å². The third-order valence-electron chi connectivity index (χ3n) is 3.40. The van der Waals surface area contributed by atoms with Crippen LogP contribution in [-0.2, 0) is 10.0 Å². The Hall–Kier alpha value is -0.960. The van der Waals surface area contributed by atoms with Gasteiger partial charge in [0.2, 0.25) is 10.0 Å². The Labute approximate surface area is 132 Å². The zero-order valence-corrected chi connectivity index (χ0v) is 13.8. The molecule has 1 aromatic carbocycles. The quantitative estimate of drug-likeness (QED) is 0.785. The number of hydrogen-bond acceptors (Lipinski definition) is 4. The third kappa shape index (κ3) is 4.26. The summed E-state index contributed by atoms with van der Waals surface area (Å²) in [5.41, 5.74) is -0.0718. The van der Waals surface area contributed by atoms with E-state index in [0.717, 1.165) is 32.0 Å². The molecule has 0 atom stereocenters. The number of carboxylic acid groups (broad SMARTS) is 1. The molecule has 0 unspecified atom stereocenters. The molecule has 1 fully saturated rings. The third-order valence-corrected chi connectivity index (χ3v) is 5.55. The molecular weight excluding hydrogens is 360 g/mol. The van der Waals surface area contributed by atoms with Crippen LogP contribution >= 0.6 is 15.9 Å². The predicted molar refractivity (Wildman–Crippen MR) is 82.0 cm³/mol. The molecular formula is C13H17BrN2O4S. The number of carboxylic acids is 1. The van der Waals surface area contributed by atoms with Gasteiger partial charge in [-0.1, -0.05) is 0 Å². The Morgan fingerprint density at radius 1 is 1.33 bits per heavy atom. The van der Waals surface area contributed by atoms with Gasteiger partial charge in [0, 0.05) is 17.6 Å². The molecule has 0 radical (unpaired) electrons. The molecule has 0 saturated carbocycles. The van der Waals surface area contributed by atoms with Gasteiger partial charge in [0.25, 0.3) is 0 Å². The molecule has 21 heavy (non-hydrogen) atoms. The highest BCUT2D eigenvalue weighted by molar-refractivity contribution is 9.10. The monoisotopic (exact) mass is 376 g/mol. The fraction of sp³-hybridized carbons (Fsp3) is 0.462. The number of halogens is 1. The second-order valence-electron chi connectivity index (χ2n) is 4.89. The van der Waals surface area contributed by atoms with Gasteiger partial charge in [0.1, 0.15) is 0 Å². The van der Waals surface area contributed by atoms with Crippen LogP contribution in [0.1, 0.15) is 23.2 Å². The van der Waals surface area contributed by atoms with E-state index in [9.17, 15) is 13.2 Å². The molecule has 6 nitrogen and oxygen atoms in total. The minimum atomic E-state index is -3.69.